The molecule has 1 aliphatic heterocycles. The molecule has 1 nitrogen and oxygen atoms in total. The summed E-state index contributed by atoms with van der Waals surface area (Å²) in [6, 6.07) is 8.61. The van der Waals surface area contributed by atoms with Crippen molar-refractivity contribution in [3.8, 4) is 5.75 Å². The van der Waals surface area contributed by atoms with Crippen molar-refractivity contribution in [1.29, 1.82) is 0 Å². The zero-order valence-electron chi connectivity index (χ0n) is 9.52. The predicted molar refractivity (Wildman–Crippen MR) is 63.6 cm³/mol. The van der Waals surface area contributed by atoms with Gasteiger partial charge in [-0.3, -0.25) is 0 Å². The molecule has 2 bridgehead atoms. The lowest BCUT2D eigenvalue weighted by atomic mass is 9.80. The number of hydrogen-bond donors (Lipinski definition) is 0. The Morgan fingerprint density at radius 2 is 2.19 bits per heavy atom. The van der Waals surface area contributed by atoms with E-state index in [1.807, 2.05) is 0 Å². The third-order valence-electron chi connectivity index (χ3n) is 4.69. The van der Waals surface area contributed by atoms with Crippen molar-refractivity contribution in [2.24, 2.45) is 11.8 Å². The summed E-state index contributed by atoms with van der Waals surface area (Å²) in [5, 5.41) is 0. The van der Waals surface area contributed by atoms with Crippen LogP contribution in [0.25, 0.3) is 0 Å². The van der Waals surface area contributed by atoms with Crippen LogP contribution in [-0.4, -0.2) is 6.10 Å². The summed E-state index contributed by atoms with van der Waals surface area (Å²) in [7, 11) is 0. The van der Waals surface area contributed by atoms with Gasteiger partial charge in [-0.25, -0.2) is 0 Å². The van der Waals surface area contributed by atoms with Gasteiger partial charge in [0.1, 0.15) is 11.9 Å². The van der Waals surface area contributed by atoms with Gasteiger partial charge in [-0.2, -0.15) is 0 Å². The Hall–Kier alpha value is -1.24. The molecule has 1 heteroatoms. The molecule has 1 aromatic carbocycles. The van der Waals surface area contributed by atoms with Crippen LogP contribution in [0, 0.1) is 11.8 Å². The van der Waals surface area contributed by atoms with Gasteiger partial charge in [-0.1, -0.05) is 29.8 Å². The lowest BCUT2D eigenvalue weighted by Crippen LogP contribution is -2.26. The van der Waals surface area contributed by atoms with Gasteiger partial charge in [-0.15, -0.1) is 0 Å². The Morgan fingerprint density at radius 3 is 3.06 bits per heavy atom. The van der Waals surface area contributed by atoms with Gasteiger partial charge in [-0.05, 0) is 31.7 Å². The molecule has 0 spiro atoms. The summed E-state index contributed by atoms with van der Waals surface area (Å²) in [6.07, 6.45) is 5.44. The average molecular weight is 212 g/mol. The van der Waals surface area contributed by atoms with Crippen LogP contribution in [0.4, 0.5) is 0 Å². The van der Waals surface area contributed by atoms with E-state index in [9.17, 15) is 0 Å². The fourth-order valence-corrected chi connectivity index (χ4v) is 4.07. The molecule has 0 radical (unpaired) electrons. The molecule has 4 unspecified atom stereocenters. The molecule has 2 fully saturated rings. The molecule has 4 atom stereocenters. The third kappa shape index (κ3) is 0.922. The van der Waals surface area contributed by atoms with Gasteiger partial charge >= 0.3 is 0 Å². The van der Waals surface area contributed by atoms with E-state index in [0.717, 1.165) is 17.6 Å². The lowest BCUT2D eigenvalue weighted by molar-refractivity contribution is 0.161. The van der Waals surface area contributed by atoms with Crippen LogP contribution in [0.3, 0.4) is 0 Å². The highest BCUT2D eigenvalue weighted by atomic mass is 16.5. The van der Waals surface area contributed by atoms with E-state index in [1.165, 1.54) is 18.4 Å². The minimum absolute atomic E-state index is 0.478. The van der Waals surface area contributed by atoms with E-state index in [-0.39, 0.29) is 0 Å². The maximum Gasteiger partial charge on any atom is 0.123 e. The Labute approximate surface area is 96.1 Å². The first kappa shape index (κ1) is 8.86. The Kier molecular flexibility index (Phi) is 1.61. The van der Waals surface area contributed by atoms with Crippen LogP contribution in [0.5, 0.6) is 5.75 Å². The van der Waals surface area contributed by atoms with E-state index in [2.05, 4.69) is 37.3 Å². The molecule has 3 aliphatic rings. The summed E-state index contributed by atoms with van der Waals surface area (Å²) in [4.78, 5) is 0. The minimum atomic E-state index is 0.478. The number of benzene rings is 1. The van der Waals surface area contributed by atoms with Gasteiger partial charge in [0.25, 0.3) is 0 Å². The maximum atomic E-state index is 6.13. The number of fused-ring (bicyclic) bond motifs is 7. The highest BCUT2D eigenvalue weighted by Crippen LogP contribution is 2.61. The Bertz CT molecular complexity index is 474. The molecule has 0 amide bonds. The molecule has 0 N–H and O–H groups in total. The highest BCUT2D eigenvalue weighted by Gasteiger charge is 2.55. The zero-order valence-corrected chi connectivity index (χ0v) is 9.52. The smallest absolute Gasteiger partial charge is 0.123 e. The normalized spacial score (nSPS) is 40.9. The van der Waals surface area contributed by atoms with Crippen LogP contribution in [-0.2, 0) is 0 Å². The first-order valence-electron chi connectivity index (χ1n) is 6.29. The Balaban J connectivity index is 1.83. The summed E-state index contributed by atoms with van der Waals surface area (Å²) >= 11 is 0. The molecule has 0 saturated heterocycles. The van der Waals surface area contributed by atoms with Crippen LogP contribution in [0.2, 0.25) is 0 Å². The third-order valence-corrected chi connectivity index (χ3v) is 4.69. The summed E-state index contributed by atoms with van der Waals surface area (Å²) in [5.41, 5.74) is 3.13. The van der Waals surface area contributed by atoms with Crippen molar-refractivity contribution in [2.75, 3.05) is 0 Å². The summed E-state index contributed by atoms with van der Waals surface area (Å²) < 4.78 is 6.13. The molecule has 4 rings (SSSR count). The van der Waals surface area contributed by atoms with E-state index in [1.54, 1.807) is 5.57 Å². The van der Waals surface area contributed by atoms with Crippen molar-refractivity contribution in [3.63, 3.8) is 0 Å². The second kappa shape index (κ2) is 2.91. The molecule has 1 aromatic rings. The fraction of sp³-hybridized carbons (Fsp3) is 0.467. The van der Waals surface area contributed by atoms with Crippen molar-refractivity contribution in [3.05, 3.63) is 41.5 Å². The second-order valence-electron chi connectivity index (χ2n) is 5.32. The quantitative estimate of drug-likeness (QED) is 0.598. The van der Waals surface area contributed by atoms with Crippen molar-refractivity contribution in [2.45, 2.75) is 31.8 Å². The fourth-order valence-electron chi connectivity index (χ4n) is 4.07. The monoisotopic (exact) mass is 212 g/mol. The second-order valence-corrected chi connectivity index (χ2v) is 5.32. The van der Waals surface area contributed by atoms with Crippen LogP contribution < -0.4 is 4.74 Å². The lowest BCUT2D eigenvalue weighted by Gasteiger charge is -2.25. The van der Waals surface area contributed by atoms with Crippen molar-refractivity contribution < 1.29 is 4.74 Å². The van der Waals surface area contributed by atoms with E-state index >= 15 is 0 Å². The molecule has 2 aliphatic carbocycles. The summed E-state index contributed by atoms with van der Waals surface area (Å²) in [6.45, 7) is 2.19. The average Bonchev–Trinajstić information content (AvgIpc) is 2.97. The molecule has 82 valence electrons. The first-order chi connectivity index (χ1) is 7.88. The summed E-state index contributed by atoms with van der Waals surface area (Å²) in [5.74, 6) is 3.34. The van der Waals surface area contributed by atoms with Gasteiger partial charge in [0, 0.05) is 17.4 Å². The van der Waals surface area contributed by atoms with Crippen molar-refractivity contribution >= 4 is 0 Å². The van der Waals surface area contributed by atoms with Gasteiger partial charge in [0.15, 0.2) is 0 Å². The molecule has 16 heavy (non-hydrogen) atoms. The van der Waals surface area contributed by atoms with Crippen molar-refractivity contribution in [1.82, 2.24) is 0 Å². The van der Waals surface area contributed by atoms with Gasteiger partial charge in [0.05, 0.1) is 0 Å². The molecule has 1 heterocycles. The van der Waals surface area contributed by atoms with Crippen LogP contribution in [0.1, 0.15) is 31.2 Å². The number of para-hydroxylation sites is 1. The van der Waals surface area contributed by atoms with E-state index < -0.39 is 0 Å². The SMILES string of the molecule is C/C=C1\CC2CC1C1c3ccccc3OC21. The van der Waals surface area contributed by atoms with Gasteiger partial charge < -0.3 is 4.74 Å². The van der Waals surface area contributed by atoms with Gasteiger partial charge in [0.2, 0.25) is 0 Å². The Morgan fingerprint density at radius 1 is 1.31 bits per heavy atom. The topological polar surface area (TPSA) is 9.23 Å². The molecular weight excluding hydrogens is 196 g/mol. The number of allylic oxidation sites excluding steroid dienone is 2. The number of hydrogen-bond acceptors (Lipinski definition) is 1. The predicted octanol–water partition coefficient (Wildman–Crippen LogP) is 3.52. The van der Waals surface area contributed by atoms with E-state index in [0.29, 0.717) is 12.0 Å². The molecule has 0 aromatic heterocycles. The first-order valence-corrected chi connectivity index (χ1v) is 6.29. The van der Waals surface area contributed by atoms with Crippen LogP contribution in [0.15, 0.2) is 35.9 Å². The zero-order chi connectivity index (χ0) is 10.7. The highest BCUT2D eigenvalue weighted by molar-refractivity contribution is 5.46. The molecular formula is C15H16O. The minimum Gasteiger partial charge on any atom is -0.489 e. The van der Waals surface area contributed by atoms with E-state index in [4.69, 9.17) is 4.74 Å². The molecule has 2 saturated carbocycles. The van der Waals surface area contributed by atoms with Crippen LogP contribution >= 0.6 is 0 Å². The number of ether oxygens (including phenoxy) is 1. The maximum absolute atomic E-state index is 6.13. The number of rotatable bonds is 0. The largest absolute Gasteiger partial charge is 0.489 e. The standard InChI is InChI=1S/C15H16O/c1-2-9-7-10-8-12(9)14-11-5-3-4-6-13(11)16-15(10)14/h2-6,10,12,14-15H,7-8H2,1H3/b9-2+.